The lowest BCUT2D eigenvalue weighted by Crippen LogP contribution is -2.50. The molecule has 2 aliphatic rings. The Bertz CT molecular complexity index is 650. The fourth-order valence-corrected chi connectivity index (χ4v) is 3.74. The normalized spacial score (nSPS) is 19.7. The van der Waals surface area contributed by atoms with Gasteiger partial charge in [0.2, 0.25) is 11.8 Å². The summed E-state index contributed by atoms with van der Waals surface area (Å²) in [6.45, 7) is 1.99. The molecule has 0 radical (unpaired) electrons. The number of amides is 2. The number of piperidine rings is 2. The highest BCUT2D eigenvalue weighted by Crippen LogP contribution is 2.29. The van der Waals surface area contributed by atoms with E-state index in [1.54, 1.807) is 4.90 Å². The van der Waals surface area contributed by atoms with Crippen LogP contribution in [0.2, 0.25) is 0 Å². The molecule has 0 aliphatic carbocycles. The molecule has 0 unspecified atom stereocenters. The van der Waals surface area contributed by atoms with Crippen LogP contribution in [0, 0.1) is 0 Å². The van der Waals surface area contributed by atoms with Crippen molar-refractivity contribution < 1.29 is 22.8 Å². The zero-order valence-electron chi connectivity index (χ0n) is 14.6. The van der Waals surface area contributed by atoms with Crippen LogP contribution in [-0.2, 0) is 22.2 Å². The second-order valence-corrected chi connectivity index (χ2v) is 7.03. The number of hydrogen-bond acceptors (Lipinski definition) is 2. The van der Waals surface area contributed by atoms with Crippen molar-refractivity contribution in [2.45, 2.75) is 50.7 Å². The maximum Gasteiger partial charge on any atom is 0.416 e. The van der Waals surface area contributed by atoms with Crippen LogP contribution in [0.3, 0.4) is 0 Å². The fourth-order valence-electron chi connectivity index (χ4n) is 3.74. The molecular weight excluding hydrogens is 345 g/mol. The molecule has 0 atom stereocenters. The van der Waals surface area contributed by atoms with Crippen molar-refractivity contribution in [3.8, 4) is 0 Å². The van der Waals surface area contributed by atoms with Crippen molar-refractivity contribution in [1.29, 1.82) is 0 Å². The topological polar surface area (TPSA) is 40.6 Å². The molecule has 7 heteroatoms. The molecule has 1 aromatic rings. The van der Waals surface area contributed by atoms with E-state index in [9.17, 15) is 22.8 Å². The van der Waals surface area contributed by atoms with E-state index >= 15 is 0 Å². The molecule has 2 fully saturated rings. The molecule has 0 bridgehead atoms. The molecule has 142 valence electrons. The van der Waals surface area contributed by atoms with E-state index in [2.05, 4.69) is 0 Å². The smallest absolute Gasteiger partial charge is 0.342 e. The minimum atomic E-state index is -4.36. The van der Waals surface area contributed by atoms with Gasteiger partial charge in [0.05, 0.1) is 12.0 Å². The average molecular weight is 368 g/mol. The summed E-state index contributed by atoms with van der Waals surface area (Å²) >= 11 is 0. The Balaban J connectivity index is 1.51. The van der Waals surface area contributed by atoms with Gasteiger partial charge in [0.15, 0.2) is 0 Å². The van der Waals surface area contributed by atoms with Gasteiger partial charge in [-0.3, -0.25) is 9.59 Å². The van der Waals surface area contributed by atoms with Gasteiger partial charge in [-0.2, -0.15) is 13.2 Å². The molecule has 26 heavy (non-hydrogen) atoms. The van der Waals surface area contributed by atoms with Crippen LogP contribution in [0.1, 0.15) is 43.2 Å². The quantitative estimate of drug-likeness (QED) is 0.822. The SMILES string of the molecule is O=C(Cc1ccc(C(F)(F)F)cc1)N1CCC(N2CCCCC2=O)CC1. The number of carbonyl (C=O) groups is 2. The maximum atomic E-state index is 12.6. The molecule has 0 spiro atoms. The van der Waals surface area contributed by atoms with Crippen LogP contribution < -0.4 is 0 Å². The van der Waals surface area contributed by atoms with E-state index in [1.165, 1.54) is 12.1 Å². The first-order valence-corrected chi connectivity index (χ1v) is 9.08. The largest absolute Gasteiger partial charge is 0.416 e. The number of nitrogens with zero attached hydrogens (tertiary/aromatic N) is 2. The van der Waals surface area contributed by atoms with Crippen LogP contribution >= 0.6 is 0 Å². The van der Waals surface area contributed by atoms with E-state index in [1.807, 2.05) is 4.90 Å². The second-order valence-electron chi connectivity index (χ2n) is 7.03. The average Bonchev–Trinajstić information content (AvgIpc) is 2.62. The number of carbonyl (C=O) groups excluding carboxylic acids is 2. The number of alkyl halides is 3. The van der Waals surface area contributed by atoms with Crippen LogP contribution in [-0.4, -0.2) is 47.3 Å². The molecular formula is C19H23F3N2O2. The molecule has 2 amide bonds. The van der Waals surface area contributed by atoms with Crippen molar-refractivity contribution in [2.24, 2.45) is 0 Å². The standard InChI is InChI=1S/C19H23F3N2O2/c20-19(21,22)15-6-4-14(5-7-15)13-18(26)23-11-8-16(9-12-23)24-10-2-1-3-17(24)25/h4-7,16H,1-3,8-13H2. The summed E-state index contributed by atoms with van der Waals surface area (Å²) in [5.41, 5.74) is -0.128. The lowest BCUT2D eigenvalue weighted by molar-refractivity contribution is -0.139. The van der Waals surface area contributed by atoms with Crippen molar-refractivity contribution in [3.05, 3.63) is 35.4 Å². The highest BCUT2D eigenvalue weighted by atomic mass is 19.4. The molecule has 2 heterocycles. The molecule has 0 saturated carbocycles. The zero-order chi connectivity index (χ0) is 18.7. The summed E-state index contributed by atoms with van der Waals surface area (Å²) in [5.74, 6) is 0.138. The molecule has 3 rings (SSSR count). The third-order valence-electron chi connectivity index (χ3n) is 5.25. The Hall–Kier alpha value is -2.05. The first kappa shape index (κ1) is 18.7. The lowest BCUT2D eigenvalue weighted by atomic mass is 9.99. The fraction of sp³-hybridized carbons (Fsp3) is 0.579. The van der Waals surface area contributed by atoms with Gasteiger partial charge in [-0.05, 0) is 43.4 Å². The number of likely N-dealkylation sites (tertiary alicyclic amines) is 2. The van der Waals surface area contributed by atoms with Gasteiger partial charge in [0.1, 0.15) is 0 Å². The third kappa shape index (κ3) is 4.37. The first-order valence-electron chi connectivity index (χ1n) is 9.08. The molecule has 1 aromatic carbocycles. The minimum absolute atomic E-state index is 0.0758. The maximum absolute atomic E-state index is 12.6. The molecule has 2 saturated heterocycles. The first-order chi connectivity index (χ1) is 12.3. The number of benzene rings is 1. The van der Waals surface area contributed by atoms with Crippen molar-refractivity contribution in [3.63, 3.8) is 0 Å². The van der Waals surface area contributed by atoms with Crippen LogP contribution in [0.5, 0.6) is 0 Å². The Morgan fingerprint density at radius 2 is 1.69 bits per heavy atom. The van der Waals surface area contributed by atoms with Gasteiger partial charge < -0.3 is 9.80 Å². The number of halogens is 3. The van der Waals surface area contributed by atoms with Crippen LogP contribution in [0.4, 0.5) is 13.2 Å². The van der Waals surface area contributed by atoms with E-state index < -0.39 is 11.7 Å². The number of hydrogen-bond donors (Lipinski definition) is 0. The van der Waals surface area contributed by atoms with Crippen molar-refractivity contribution in [1.82, 2.24) is 9.80 Å². The third-order valence-corrected chi connectivity index (χ3v) is 5.25. The van der Waals surface area contributed by atoms with E-state index in [0.717, 1.165) is 44.4 Å². The van der Waals surface area contributed by atoms with Gasteiger partial charge in [0, 0.05) is 32.1 Å². The summed E-state index contributed by atoms with van der Waals surface area (Å²) in [6, 6.07) is 4.95. The summed E-state index contributed by atoms with van der Waals surface area (Å²) in [5, 5.41) is 0. The van der Waals surface area contributed by atoms with Crippen molar-refractivity contribution in [2.75, 3.05) is 19.6 Å². The molecule has 0 aromatic heterocycles. The van der Waals surface area contributed by atoms with Crippen LogP contribution in [0.25, 0.3) is 0 Å². The summed E-state index contributed by atoms with van der Waals surface area (Å²) < 4.78 is 37.8. The highest BCUT2D eigenvalue weighted by molar-refractivity contribution is 5.79. The minimum Gasteiger partial charge on any atom is -0.342 e. The predicted molar refractivity (Wildman–Crippen MR) is 90.3 cm³/mol. The highest BCUT2D eigenvalue weighted by Gasteiger charge is 2.31. The molecule has 4 nitrogen and oxygen atoms in total. The number of rotatable bonds is 3. The Morgan fingerprint density at radius 1 is 1.04 bits per heavy atom. The summed E-state index contributed by atoms with van der Waals surface area (Å²) in [7, 11) is 0. The molecule has 0 N–H and O–H groups in total. The van der Waals surface area contributed by atoms with E-state index in [0.29, 0.717) is 25.1 Å². The van der Waals surface area contributed by atoms with Gasteiger partial charge >= 0.3 is 6.18 Å². The summed E-state index contributed by atoms with van der Waals surface area (Å²) in [6.07, 6.45) is -0.109. The lowest BCUT2D eigenvalue weighted by Gasteiger charge is -2.40. The van der Waals surface area contributed by atoms with Crippen LogP contribution in [0.15, 0.2) is 24.3 Å². The van der Waals surface area contributed by atoms with E-state index in [-0.39, 0.29) is 24.3 Å². The Morgan fingerprint density at radius 3 is 2.27 bits per heavy atom. The Labute approximate surface area is 151 Å². The Kier molecular flexibility index (Phi) is 5.53. The van der Waals surface area contributed by atoms with Gasteiger partial charge in [0.25, 0.3) is 0 Å². The van der Waals surface area contributed by atoms with Gasteiger partial charge in [-0.25, -0.2) is 0 Å². The molecule has 2 aliphatic heterocycles. The van der Waals surface area contributed by atoms with Gasteiger partial charge in [-0.1, -0.05) is 12.1 Å². The van der Waals surface area contributed by atoms with Crippen molar-refractivity contribution >= 4 is 11.8 Å². The van der Waals surface area contributed by atoms with Gasteiger partial charge in [-0.15, -0.1) is 0 Å². The predicted octanol–water partition coefficient (Wildman–Crippen LogP) is 3.25. The van der Waals surface area contributed by atoms with E-state index in [4.69, 9.17) is 0 Å². The monoisotopic (exact) mass is 368 g/mol. The second kappa shape index (κ2) is 7.68. The summed E-state index contributed by atoms with van der Waals surface area (Å²) in [4.78, 5) is 28.1. The zero-order valence-corrected chi connectivity index (χ0v) is 14.6.